The molecule has 1 fully saturated rings. The molecule has 0 bridgehead atoms. The minimum absolute atomic E-state index is 0.239. The zero-order chi connectivity index (χ0) is 14.8. The molecule has 0 saturated carbocycles. The lowest BCUT2D eigenvalue weighted by molar-refractivity contribution is -0.00461. The zero-order valence-electron chi connectivity index (χ0n) is 11.5. The summed E-state index contributed by atoms with van der Waals surface area (Å²) in [6, 6.07) is 6.60. The highest BCUT2D eigenvalue weighted by Crippen LogP contribution is 2.24. The molecule has 0 amide bonds. The number of sulfonamides is 1. The van der Waals surface area contributed by atoms with Crippen molar-refractivity contribution >= 4 is 21.6 Å². The van der Waals surface area contributed by atoms with Crippen molar-refractivity contribution in [2.24, 2.45) is 0 Å². The Morgan fingerprint density at radius 1 is 1.15 bits per heavy atom. The van der Waals surface area contributed by atoms with Gasteiger partial charge in [-0.2, -0.15) is 4.31 Å². The monoisotopic (exact) mass is 319 g/mol. The topological polar surface area (TPSA) is 55.8 Å². The molecule has 1 aliphatic heterocycles. The Bertz CT molecular complexity index is 534. The van der Waals surface area contributed by atoms with Gasteiger partial charge in [-0.25, -0.2) is 8.42 Å². The van der Waals surface area contributed by atoms with Gasteiger partial charge in [-0.15, -0.1) is 11.6 Å². The number of rotatable bonds is 5. The number of hydrogen-bond acceptors (Lipinski definition) is 4. The smallest absolute Gasteiger partial charge is 0.243 e. The van der Waals surface area contributed by atoms with Crippen LogP contribution < -0.4 is 0 Å². The Morgan fingerprint density at radius 3 is 2.05 bits per heavy atom. The van der Waals surface area contributed by atoms with Crippen molar-refractivity contribution < 1.29 is 17.9 Å². The van der Waals surface area contributed by atoms with Gasteiger partial charge in [-0.1, -0.05) is 12.1 Å². The van der Waals surface area contributed by atoms with Crippen LogP contribution in [0.1, 0.15) is 5.56 Å². The average molecular weight is 320 g/mol. The number of alkyl halides is 1. The highest BCUT2D eigenvalue weighted by molar-refractivity contribution is 7.89. The predicted molar refractivity (Wildman–Crippen MR) is 76.4 cm³/mol. The van der Waals surface area contributed by atoms with Gasteiger partial charge in [0.25, 0.3) is 0 Å². The molecule has 1 aromatic carbocycles. The van der Waals surface area contributed by atoms with Crippen LogP contribution in [0.15, 0.2) is 29.2 Å². The molecular formula is C13H18ClNO4S. The SMILES string of the molecule is COC1CN(S(=O)(=O)c2ccc(CCl)cc2)CC1OC. The van der Waals surface area contributed by atoms with Crippen molar-refractivity contribution in [1.29, 1.82) is 0 Å². The van der Waals surface area contributed by atoms with Gasteiger partial charge in [0.15, 0.2) is 0 Å². The molecule has 112 valence electrons. The molecule has 0 aliphatic carbocycles. The van der Waals surface area contributed by atoms with E-state index < -0.39 is 10.0 Å². The van der Waals surface area contributed by atoms with Crippen LogP contribution in [-0.4, -0.2) is 52.2 Å². The second kappa shape index (κ2) is 6.41. The molecule has 2 rings (SSSR count). The second-order valence-corrected chi connectivity index (χ2v) is 6.85. The summed E-state index contributed by atoms with van der Waals surface area (Å²) in [4.78, 5) is 0.262. The average Bonchev–Trinajstić information content (AvgIpc) is 2.91. The van der Waals surface area contributed by atoms with Crippen LogP contribution in [0.4, 0.5) is 0 Å². The number of ether oxygens (including phenoxy) is 2. The van der Waals surface area contributed by atoms with E-state index in [0.717, 1.165) is 5.56 Å². The maximum absolute atomic E-state index is 12.5. The number of hydrogen-bond donors (Lipinski definition) is 0. The lowest BCUT2D eigenvalue weighted by Crippen LogP contribution is -2.30. The molecule has 0 aromatic heterocycles. The fourth-order valence-electron chi connectivity index (χ4n) is 2.26. The molecule has 5 nitrogen and oxygen atoms in total. The molecule has 2 unspecified atom stereocenters. The largest absolute Gasteiger partial charge is 0.377 e. The van der Waals surface area contributed by atoms with Gasteiger partial charge >= 0.3 is 0 Å². The van der Waals surface area contributed by atoms with Crippen molar-refractivity contribution in [1.82, 2.24) is 4.31 Å². The van der Waals surface area contributed by atoms with E-state index in [4.69, 9.17) is 21.1 Å². The maximum atomic E-state index is 12.5. The quantitative estimate of drug-likeness (QED) is 0.771. The molecule has 1 saturated heterocycles. The highest BCUT2D eigenvalue weighted by Gasteiger charge is 2.39. The van der Waals surface area contributed by atoms with E-state index >= 15 is 0 Å². The molecule has 1 heterocycles. The van der Waals surface area contributed by atoms with Gasteiger partial charge in [0.2, 0.25) is 10.0 Å². The van der Waals surface area contributed by atoms with Crippen LogP contribution in [0, 0.1) is 0 Å². The first-order valence-corrected chi connectivity index (χ1v) is 8.21. The minimum Gasteiger partial charge on any atom is -0.377 e. The molecule has 1 aliphatic rings. The Morgan fingerprint density at radius 2 is 1.65 bits per heavy atom. The molecule has 0 spiro atoms. The van der Waals surface area contributed by atoms with E-state index in [1.165, 1.54) is 4.31 Å². The normalized spacial score (nSPS) is 24.1. The van der Waals surface area contributed by atoms with Crippen LogP contribution >= 0.6 is 11.6 Å². The predicted octanol–water partition coefficient (Wildman–Crippen LogP) is 1.46. The molecule has 20 heavy (non-hydrogen) atoms. The summed E-state index contributed by atoms with van der Waals surface area (Å²) < 4.78 is 37.0. The standard InChI is InChI=1S/C13H18ClNO4S/c1-18-12-8-15(9-13(12)19-2)20(16,17)11-5-3-10(7-14)4-6-11/h3-6,12-13H,7-9H2,1-2H3. The second-order valence-electron chi connectivity index (χ2n) is 4.65. The third-order valence-electron chi connectivity index (χ3n) is 3.50. The van der Waals surface area contributed by atoms with E-state index in [2.05, 4.69) is 0 Å². The van der Waals surface area contributed by atoms with E-state index in [1.54, 1.807) is 38.5 Å². The fourth-order valence-corrected chi connectivity index (χ4v) is 3.90. The van der Waals surface area contributed by atoms with E-state index in [9.17, 15) is 8.42 Å². The lowest BCUT2D eigenvalue weighted by Gasteiger charge is -2.16. The van der Waals surface area contributed by atoms with Crippen LogP contribution in [0.5, 0.6) is 0 Å². The van der Waals surface area contributed by atoms with Crippen LogP contribution in [0.3, 0.4) is 0 Å². The van der Waals surface area contributed by atoms with Gasteiger partial charge in [-0.05, 0) is 17.7 Å². The molecule has 0 radical (unpaired) electrons. The van der Waals surface area contributed by atoms with Crippen molar-refractivity contribution in [3.8, 4) is 0 Å². The lowest BCUT2D eigenvalue weighted by atomic mass is 10.2. The first-order chi connectivity index (χ1) is 9.52. The van der Waals surface area contributed by atoms with Gasteiger partial charge in [0.1, 0.15) is 0 Å². The Balaban J connectivity index is 2.22. The summed E-state index contributed by atoms with van der Waals surface area (Å²) in [5.41, 5.74) is 0.886. The van der Waals surface area contributed by atoms with Gasteiger partial charge in [0.05, 0.1) is 17.1 Å². The van der Waals surface area contributed by atoms with Gasteiger partial charge in [0, 0.05) is 33.2 Å². The summed E-state index contributed by atoms with van der Waals surface area (Å²) in [7, 11) is -0.404. The van der Waals surface area contributed by atoms with Crippen molar-refractivity contribution in [2.45, 2.75) is 23.0 Å². The van der Waals surface area contributed by atoms with Crippen molar-refractivity contribution in [2.75, 3.05) is 27.3 Å². The van der Waals surface area contributed by atoms with Crippen LogP contribution in [0.2, 0.25) is 0 Å². The number of benzene rings is 1. The molecule has 7 heteroatoms. The van der Waals surface area contributed by atoms with E-state index in [-0.39, 0.29) is 17.1 Å². The molecule has 1 aromatic rings. The third-order valence-corrected chi connectivity index (χ3v) is 5.66. The van der Waals surface area contributed by atoms with E-state index in [1.807, 2.05) is 0 Å². The van der Waals surface area contributed by atoms with E-state index in [0.29, 0.717) is 19.0 Å². The van der Waals surface area contributed by atoms with Gasteiger partial charge < -0.3 is 9.47 Å². The minimum atomic E-state index is -3.52. The number of nitrogens with zero attached hydrogens (tertiary/aromatic N) is 1. The molecule has 0 N–H and O–H groups in total. The zero-order valence-corrected chi connectivity index (χ0v) is 13.0. The van der Waals surface area contributed by atoms with Crippen molar-refractivity contribution in [3.63, 3.8) is 0 Å². The fraction of sp³-hybridized carbons (Fsp3) is 0.538. The van der Waals surface area contributed by atoms with Crippen molar-refractivity contribution in [3.05, 3.63) is 29.8 Å². The summed E-state index contributed by atoms with van der Waals surface area (Å²) in [6.07, 6.45) is -0.478. The highest BCUT2D eigenvalue weighted by atomic mass is 35.5. The first-order valence-electron chi connectivity index (χ1n) is 6.23. The summed E-state index contributed by atoms with van der Waals surface area (Å²) in [6.45, 7) is 0.600. The van der Waals surface area contributed by atoms with Crippen LogP contribution in [-0.2, 0) is 25.4 Å². The molecule has 2 atom stereocenters. The van der Waals surface area contributed by atoms with Crippen LogP contribution in [0.25, 0.3) is 0 Å². The maximum Gasteiger partial charge on any atom is 0.243 e. The van der Waals surface area contributed by atoms with Gasteiger partial charge in [-0.3, -0.25) is 0 Å². The first kappa shape index (κ1) is 15.7. The number of halogens is 1. The summed E-state index contributed by atoms with van der Waals surface area (Å²) >= 11 is 5.70. The third kappa shape index (κ3) is 2.99. The summed E-state index contributed by atoms with van der Waals surface area (Å²) in [5.74, 6) is 0.363. The summed E-state index contributed by atoms with van der Waals surface area (Å²) in [5, 5.41) is 0. The number of methoxy groups -OCH3 is 2. The Hall–Kier alpha value is -0.660. The Kier molecular flexibility index (Phi) is 5.04. The Labute approximate surface area is 124 Å². The molecular weight excluding hydrogens is 302 g/mol.